The summed E-state index contributed by atoms with van der Waals surface area (Å²) in [7, 11) is -3.62. The molecule has 0 radical (unpaired) electrons. The van der Waals surface area contributed by atoms with Crippen LogP contribution in [0.15, 0.2) is 47.9 Å². The number of hydrogen-bond acceptors (Lipinski definition) is 4. The minimum atomic E-state index is -3.62. The van der Waals surface area contributed by atoms with E-state index in [1.54, 1.807) is 17.1 Å². The van der Waals surface area contributed by atoms with E-state index in [1.165, 1.54) is 9.87 Å². The Hall–Kier alpha value is -2.19. The number of sulfonamides is 1. The Morgan fingerprint density at radius 3 is 2.41 bits per heavy atom. The molecule has 1 aliphatic rings. The topological polar surface area (TPSA) is 84.3 Å². The van der Waals surface area contributed by atoms with Crippen LogP contribution in [0.25, 0.3) is 0 Å². The standard InChI is InChI=1S/C21H30N4O3S/c1-16(2)24-14-20(23-15-24)29(27,28)25-11-9-19(10-12-25)21(26)22-13-17(3)18-7-5-4-6-8-18/h4-8,14-17,19H,9-13H2,1-3H3,(H,22,26)/t17-/m1/s1. The van der Waals surface area contributed by atoms with Gasteiger partial charge in [0.1, 0.15) is 0 Å². The predicted octanol–water partition coefficient (Wildman–Crippen LogP) is 2.78. The number of amides is 1. The molecule has 2 aromatic rings. The van der Waals surface area contributed by atoms with Crippen molar-refractivity contribution in [1.82, 2.24) is 19.2 Å². The van der Waals surface area contributed by atoms with Gasteiger partial charge in [-0.25, -0.2) is 13.4 Å². The minimum absolute atomic E-state index is 0.00825. The van der Waals surface area contributed by atoms with Gasteiger partial charge in [-0.2, -0.15) is 4.31 Å². The highest BCUT2D eigenvalue weighted by Gasteiger charge is 2.33. The maximum absolute atomic E-state index is 12.8. The first-order chi connectivity index (χ1) is 13.8. The van der Waals surface area contributed by atoms with E-state index in [-0.39, 0.29) is 28.8 Å². The highest BCUT2D eigenvalue weighted by atomic mass is 32.2. The molecule has 0 aliphatic carbocycles. The zero-order valence-corrected chi connectivity index (χ0v) is 18.1. The Kier molecular flexibility index (Phi) is 6.74. The molecule has 0 bridgehead atoms. The average Bonchev–Trinajstić information content (AvgIpc) is 3.24. The summed E-state index contributed by atoms with van der Waals surface area (Å²) in [6, 6.07) is 10.2. The van der Waals surface area contributed by atoms with Gasteiger partial charge in [-0.15, -0.1) is 0 Å². The number of carbonyl (C=O) groups is 1. The van der Waals surface area contributed by atoms with Crippen molar-refractivity contribution in [2.24, 2.45) is 5.92 Å². The van der Waals surface area contributed by atoms with Crippen molar-refractivity contribution >= 4 is 15.9 Å². The SMILES string of the molecule is CC(C)n1cnc(S(=O)(=O)N2CCC(C(=O)NC[C@@H](C)c3ccccc3)CC2)c1. The fourth-order valence-electron chi connectivity index (χ4n) is 3.52. The largest absolute Gasteiger partial charge is 0.355 e. The summed E-state index contributed by atoms with van der Waals surface area (Å²) >= 11 is 0. The second-order valence-electron chi connectivity index (χ2n) is 7.99. The Labute approximate surface area is 173 Å². The van der Waals surface area contributed by atoms with E-state index in [2.05, 4.69) is 29.4 Å². The molecule has 0 spiro atoms. The van der Waals surface area contributed by atoms with E-state index in [4.69, 9.17) is 0 Å². The molecule has 7 nitrogen and oxygen atoms in total. The first-order valence-electron chi connectivity index (χ1n) is 10.2. The van der Waals surface area contributed by atoms with E-state index in [0.717, 1.165) is 0 Å². The zero-order chi connectivity index (χ0) is 21.0. The average molecular weight is 419 g/mol. The van der Waals surface area contributed by atoms with Gasteiger partial charge in [-0.1, -0.05) is 37.3 Å². The molecule has 158 valence electrons. The van der Waals surface area contributed by atoms with Gasteiger partial charge in [-0.05, 0) is 38.2 Å². The molecule has 29 heavy (non-hydrogen) atoms. The van der Waals surface area contributed by atoms with Crippen LogP contribution in [0.4, 0.5) is 0 Å². The summed E-state index contributed by atoms with van der Waals surface area (Å²) in [4.78, 5) is 16.6. The summed E-state index contributed by atoms with van der Waals surface area (Å²) < 4.78 is 28.9. The van der Waals surface area contributed by atoms with Crippen LogP contribution < -0.4 is 5.32 Å². The van der Waals surface area contributed by atoms with Crippen LogP contribution in [-0.2, 0) is 14.8 Å². The van der Waals surface area contributed by atoms with Crippen LogP contribution in [-0.4, -0.2) is 47.8 Å². The van der Waals surface area contributed by atoms with Crippen molar-refractivity contribution in [2.75, 3.05) is 19.6 Å². The fraction of sp³-hybridized carbons (Fsp3) is 0.524. The van der Waals surface area contributed by atoms with Gasteiger partial charge >= 0.3 is 0 Å². The Balaban J connectivity index is 1.52. The third-order valence-corrected chi connectivity index (χ3v) is 7.34. The second kappa shape index (κ2) is 9.09. The third-order valence-electron chi connectivity index (χ3n) is 5.55. The number of benzene rings is 1. The van der Waals surface area contributed by atoms with Gasteiger partial charge in [0.15, 0.2) is 5.03 Å². The highest BCUT2D eigenvalue weighted by molar-refractivity contribution is 7.89. The van der Waals surface area contributed by atoms with Crippen LogP contribution in [0.2, 0.25) is 0 Å². The second-order valence-corrected chi connectivity index (χ2v) is 9.87. The van der Waals surface area contributed by atoms with E-state index >= 15 is 0 Å². The Morgan fingerprint density at radius 2 is 1.83 bits per heavy atom. The van der Waals surface area contributed by atoms with Gasteiger partial charge < -0.3 is 9.88 Å². The number of rotatable bonds is 7. The molecule has 1 saturated heterocycles. The molecule has 2 heterocycles. The van der Waals surface area contributed by atoms with Crippen LogP contribution >= 0.6 is 0 Å². The van der Waals surface area contributed by atoms with Crippen LogP contribution in [0.3, 0.4) is 0 Å². The van der Waals surface area contributed by atoms with E-state index < -0.39 is 10.0 Å². The molecule has 1 aromatic heterocycles. The lowest BCUT2D eigenvalue weighted by Gasteiger charge is -2.30. The van der Waals surface area contributed by atoms with E-state index in [0.29, 0.717) is 32.5 Å². The first-order valence-corrected chi connectivity index (χ1v) is 11.6. The molecule has 1 atom stereocenters. The molecular formula is C21H30N4O3S. The number of nitrogens with one attached hydrogen (secondary N) is 1. The van der Waals surface area contributed by atoms with Gasteiger partial charge in [0.2, 0.25) is 5.91 Å². The Morgan fingerprint density at radius 1 is 1.17 bits per heavy atom. The fourth-order valence-corrected chi connectivity index (χ4v) is 4.91. The number of aromatic nitrogens is 2. The summed E-state index contributed by atoms with van der Waals surface area (Å²) in [6.07, 6.45) is 4.17. The number of piperidine rings is 1. The summed E-state index contributed by atoms with van der Waals surface area (Å²) in [6.45, 7) is 7.28. The van der Waals surface area contributed by atoms with Crippen molar-refractivity contribution in [3.8, 4) is 0 Å². The van der Waals surface area contributed by atoms with Crippen LogP contribution in [0.1, 0.15) is 51.1 Å². The summed E-state index contributed by atoms with van der Waals surface area (Å²) in [5, 5.41) is 3.10. The van der Waals surface area contributed by atoms with Gasteiger partial charge in [0.05, 0.1) is 6.33 Å². The summed E-state index contributed by atoms with van der Waals surface area (Å²) in [5.74, 6) is 0.0863. The number of carbonyl (C=O) groups excluding carboxylic acids is 1. The van der Waals surface area contributed by atoms with Crippen molar-refractivity contribution in [2.45, 2.75) is 50.6 Å². The normalized spacial score (nSPS) is 17.4. The molecule has 1 aromatic carbocycles. The molecule has 0 unspecified atom stereocenters. The predicted molar refractivity (Wildman–Crippen MR) is 112 cm³/mol. The molecular weight excluding hydrogens is 388 g/mol. The smallest absolute Gasteiger partial charge is 0.262 e. The molecule has 8 heteroatoms. The molecule has 1 fully saturated rings. The molecule has 1 N–H and O–H groups in total. The van der Waals surface area contributed by atoms with Crippen molar-refractivity contribution < 1.29 is 13.2 Å². The Bertz CT molecular complexity index is 916. The van der Waals surface area contributed by atoms with Crippen LogP contribution in [0, 0.1) is 5.92 Å². The van der Waals surface area contributed by atoms with Crippen molar-refractivity contribution in [3.05, 3.63) is 48.4 Å². The van der Waals surface area contributed by atoms with E-state index in [1.807, 2.05) is 32.0 Å². The lowest BCUT2D eigenvalue weighted by Crippen LogP contribution is -2.43. The maximum Gasteiger partial charge on any atom is 0.262 e. The first kappa shape index (κ1) is 21.5. The summed E-state index contributed by atoms with van der Waals surface area (Å²) in [5.41, 5.74) is 1.19. The molecule has 1 amide bonds. The quantitative estimate of drug-likeness (QED) is 0.749. The van der Waals surface area contributed by atoms with Gasteiger partial charge in [0.25, 0.3) is 10.0 Å². The van der Waals surface area contributed by atoms with Crippen molar-refractivity contribution in [1.29, 1.82) is 0 Å². The van der Waals surface area contributed by atoms with Gasteiger partial charge in [-0.3, -0.25) is 4.79 Å². The van der Waals surface area contributed by atoms with Gasteiger partial charge in [0, 0.05) is 37.8 Å². The van der Waals surface area contributed by atoms with E-state index in [9.17, 15) is 13.2 Å². The third kappa shape index (κ3) is 5.05. The number of nitrogens with zero attached hydrogens (tertiary/aromatic N) is 3. The molecule has 0 saturated carbocycles. The maximum atomic E-state index is 12.8. The monoisotopic (exact) mass is 418 g/mol. The lowest BCUT2D eigenvalue weighted by molar-refractivity contribution is -0.126. The number of hydrogen-bond donors (Lipinski definition) is 1. The highest BCUT2D eigenvalue weighted by Crippen LogP contribution is 2.24. The lowest BCUT2D eigenvalue weighted by atomic mass is 9.96. The van der Waals surface area contributed by atoms with Crippen LogP contribution in [0.5, 0.6) is 0 Å². The minimum Gasteiger partial charge on any atom is -0.355 e. The zero-order valence-electron chi connectivity index (χ0n) is 17.3. The molecule has 1 aliphatic heterocycles. The van der Waals surface area contributed by atoms with Crippen molar-refractivity contribution in [3.63, 3.8) is 0 Å². The molecule has 3 rings (SSSR count). The number of imidazole rings is 1.